The summed E-state index contributed by atoms with van der Waals surface area (Å²) >= 11 is 1.30. The number of nitrogens with one attached hydrogen (secondary N) is 2. The largest absolute Gasteiger partial charge is 0.335 e. The van der Waals surface area contributed by atoms with Crippen LogP contribution in [0, 0.1) is 13.8 Å². The average molecular weight is 423 g/mol. The van der Waals surface area contributed by atoms with E-state index in [0.717, 1.165) is 54.9 Å². The smallest absolute Gasteiger partial charge is 0.276 e. The Labute approximate surface area is 176 Å². The number of hydrogen-bond donors (Lipinski definition) is 2. The van der Waals surface area contributed by atoms with E-state index in [-0.39, 0.29) is 11.5 Å². The van der Waals surface area contributed by atoms with Gasteiger partial charge in [-0.2, -0.15) is 0 Å². The second-order valence-corrected chi connectivity index (χ2v) is 9.04. The van der Waals surface area contributed by atoms with Gasteiger partial charge in [0.15, 0.2) is 6.29 Å². The zero-order valence-corrected chi connectivity index (χ0v) is 17.6. The molecule has 1 spiro atoms. The lowest BCUT2D eigenvalue weighted by atomic mass is 9.89. The number of hydrogen-bond acceptors (Lipinski definition) is 7. The van der Waals surface area contributed by atoms with Crippen molar-refractivity contribution >= 4 is 45.3 Å². The van der Waals surface area contributed by atoms with E-state index in [2.05, 4.69) is 20.6 Å². The van der Waals surface area contributed by atoms with Crippen molar-refractivity contribution in [2.24, 2.45) is 0 Å². The van der Waals surface area contributed by atoms with Crippen molar-refractivity contribution in [3.8, 4) is 0 Å². The van der Waals surface area contributed by atoms with Crippen LogP contribution >= 0.6 is 11.3 Å². The van der Waals surface area contributed by atoms with Gasteiger partial charge in [-0.3, -0.25) is 19.0 Å². The summed E-state index contributed by atoms with van der Waals surface area (Å²) in [6.45, 7) is 3.69. The first-order valence-corrected chi connectivity index (χ1v) is 10.8. The maximum absolute atomic E-state index is 13.5. The molecule has 1 aliphatic heterocycles. The highest BCUT2D eigenvalue weighted by Gasteiger charge is 2.45. The first-order valence-electron chi connectivity index (χ1n) is 10.0. The van der Waals surface area contributed by atoms with Crippen LogP contribution in [0.2, 0.25) is 0 Å². The summed E-state index contributed by atoms with van der Waals surface area (Å²) in [7, 11) is 0. The standard InChI is InChI=1S/C21H21N5O3S/c1-11-8-13(24-17-15-12(2)14(9-27)30-19(15)23-10-22-17)20(29)26-16(11)18(28)25-21(26)6-4-3-5-7-21/h8-10H,3-7H2,1-2H3,(H,25,28)(H,22,23,24). The highest BCUT2D eigenvalue weighted by molar-refractivity contribution is 7.20. The van der Waals surface area contributed by atoms with Gasteiger partial charge in [-0.1, -0.05) is 6.42 Å². The number of nitrogens with zero attached hydrogens (tertiary/aromatic N) is 3. The molecule has 1 saturated carbocycles. The quantitative estimate of drug-likeness (QED) is 0.626. The van der Waals surface area contributed by atoms with E-state index >= 15 is 0 Å². The predicted octanol–water partition coefficient (Wildman–Crippen LogP) is 3.39. The molecule has 0 unspecified atom stereocenters. The van der Waals surface area contributed by atoms with Crippen LogP contribution in [-0.2, 0) is 5.66 Å². The van der Waals surface area contributed by atoms with Crippen LogP contribution in [-0.4, -0.2) is 26.7 Å². The van der Waals surface area contributed by atoms with Crippen LogP contribution in [0.5, 0.6) is 0 Å². The summed E-state index contributed by atoms with van der Waals surface area (Å²) in [6.07, 6.45) is 6.77. The Hall–Kier alpha value is -3.07. The molecule has 0 atom stereocenters. The number of pyridine rings is 1. The lowest BCUT2D eigenvalue weighted by molar-refractivity contribution is 0.0876. The molecular weight excluding hydrogens is 402 g/mol. The molecule has 0 saturated heterocycles. The highest BCUT2D eigenvalue weighted by Crippen LogP contribution is 2.38. The van der Waals surface area contributed by atoms with E-state index in [1.807, 2.05) is 13.8 Å². The van der Waals surface area contributed by atoms with Crippen LogP contribution in [0.15, 0.2) is 17.2 Å². The van der Waals surface area contributed by atoms with Crippen LogP contribution in [0.1, 0.15) is 63.4 Å². The van der Waals surface area contributed by atoms with Crippen molar-refractivity contribution in [1.82, 2.24) is 19.9 Å². The fourth-order valence-electron chi connectivity index (χ4n) is 4.76. The third kappa shape index (κ3) is 2.61. The highest BCUT2D eigenvalue weighted by atomic mass is 32.1. The van der Waals surface area contributed by atoms with E-state index in [4.69, 9.17) is 0 Å². The fourth-order valence-corrected chi connectivity index (χ4v) is 5.72. The van der Waals surface area contributed by atoms with E-state index in [9.17, 15) is 14.4 Å². The minimum absolute atomic E-state index is 0.188. The molecule has 30 heavy (non-hydrogen) atoms. The molecule has 4 heterocycles. The summed E-state index contributed by atoms with van der Waals surface area (Å²) < 4.78 is 1.65. The number of thiophene rings is 1. The minimum atomic E-state index is -0.645. The fraction of sp³-hybridized carbons (Fsp3) is 0.381. The van der Waals surface area contributed by atoms with Gasteiger partial charge in [0.25, 0.3) is 11.5 Å². The number of fused-ring (bicyclic) bond motifs is 3. The predicted molar refractivity (Wildman–Crippen MR) is 115 cm³/mol. The van der Waals surface area contributed by atoms with Gasteiger partial charge in [-0.25, -0.2) is 9.97 Å². The van der Waals surface area contributed by atoms with Crippen molar-refractivity contribution < 1.29 is 9.59 Å². The maximum Gasteiger partial charge on any atom is 0.276 e. The second-order valence-electron chi connectivity index (χ2n) is 8.01. The van der Waals surface area contributed by atoms with Gasteiger partial charge in [-0.15, -0.1) is 11.3 Å². The first kappa shape index (κ1) is 18.9. The van der Waals surface area contributed by atoms with Gasteiger partial charge >= 0.3 is 0 Å². The number of aryl methyl sites for hydroxylation is 2. The topological polar surface area (TPSA) is 106 Å². The van der Waals surface area contributed by atoms with Gasteiger partial charge in [0.05, 0.1) is 10.3 Å². The average Bonchev–Trinajstić information content (AvgIpc) is 3.21. The summed E-state index contributed by atoms with van der Waals surface area (Å²) in [5.41, 5.74) is 1.43. The van der Waals surface area contributed by atoms with Gasteiger partial charge in [0.2, 0.25) is 0 Å². The number of rotatable bonds is 3. The van der Waals surface area contributed by atoms with Crippen LogP contribution in [0.4, 0.5) is 11.5 Å². The number of aromatic nitrogens is 3. The Balaban J connectivity index is 1.67. The molecule has 8 nitrogen and oxygen atoms in total. The Kier molecular flexibility index (Phi) is 4.25. The summed E-state index contributed by atoms with van der Waals surface area (Å²) in [6, 6.07) is 1.70. The Morgan fingerprint density at radius 2 is 1.97 bits per heavy atom. The van der Waals surface area contributed by atoms with E-state index in [1.165, 1.54) is 17.7 Å². The van der Waals surface area contributed by atoms with Gasteiger partial charge in [0.1, 0.15) is 34.0 Å². The van der Waals surface area contributed by atoms with Gasteiger partial charge in [0, 0.05) is 0 Å². The zero-order chi connectivity index (χ0) is 21.0. The monoisotopic (exact) mass is 423 g/mol. The Bertz CT molecular complexity index is 1270. The van der Waals surface area contributed by atoms with Crippen LogP contribution in [0.25, 0.3) is 10.2 Å². The van der Waals surface area contributed by atoms with Crippen molar-refractivity contribution in [3.63, 3.8) is 0 Å². The third-order valence-corrected chi connectivity index (χ3v) is 7.31. The SMILES string of the molecule is Cc1cc(Nc2ncnc3sc(C=O)c(C)c23)c(=O)n2c1C(=O)NC21CCCCC1. The number of carbonyl (C=O) groups is 2. The van der Waals surface area contributed by atoms with Gasteiger partial charge in [-0.05, 0) is 56.7 Å². The molecule has 9 heteroatoms. The lowest BCUT2D eigenvalue weighted by Crippen LogP contribution is -2.48. The molecule has 2 N–H and O–H groups in total. The van der Waals surface area contributed by atoms with E-state index in [1.54, 1.807) is 10.6 Å². The number of aldehydes is 1. The molecule has 0 bridgehead atoms. The molecule has 5 rings (SSSR count). The Morgan fingerprint density at radius 1 is 1.20 bits per heavy atom. The van der Waals surface area contributed by atoms with Crippen LogP contribution in [0.3, 0.4) is 0 Å². The zero-order valence-electron chi connectivity index (χ0n) is 16.7. The molecule has 1 fully saturated rings. The minimum Gasteiger partial charge on any atom is -0.335 e. The lowest BCUT2D eigenvalue weighted by Gasteiger charge is -2.35. The molecule has 154 valence electrons. The summed E-state index contributed by atoms with van der Waals surface area (Å²) in [4.78, 5) is 47.4. The molecule has 2 aliphatic rings. The number of carbonyl (C=O) groups excluding carboxylic acids is 2. The van der Waals surface area contributed by atoms with E-state index in [0.29, 0.717) is 26.9 Å². The molecular formula is C21H21N5O3S. The maximum atomic E-state index is 13.5. The van der Waals surface area contributed by atoms with Gasteiger partial charge < -0.3 is 10.6 Å². The molecule has 3 aromatic heterocycles. The van der Waals surface area contributed by atoms with Crippen molar-refractivity contribution in [2.45, 2.75) is 51.6 Å². The summed E-state index contributed by atoms with van der Waals surface area (Å²) in [5.74, 6) is 0.292. The molecule has 0 radical (unpaired) electrons. The first-order chi connectivity index (χ1) is 14.4. The molecule has 3 aromatic rings. The Morgan fingerprint density at radius 3 is 2.70 bits per heavy atom. The van der Waals surface area contributed by atoms with E-state index < -0.39 is 5.66 Å². The van der Waals surface area contributed by atoms with Crippen molar-refractivity contribution in [1.29, 1.82) is 0 Å². The normalized spacial score (nSPS) is 17.2. The number of anilines is 2. The van der Waals surface area contributed by atoms with Crippen LogP contribution < -0.4 is 16.2 Å². The second kappa shape index (κ2) is 6.73. The molecule has 0 aromatic carbocycles. The van der Waals surface area contributed by atoms with Crippen molar-refractivity contribution in [3.05, 3.63) is 44.4 Å². The van der Waals surface area contributed by atoms with Crippen molar-refractivity contribution in [2.75, 3.05) is 5.32 Å². The third-order valence-electron chi connectivity index (χ3n) is 6.19. The number of amides is 1. The molecule has 1 amide bonds. The summed E-state index contributed by atoms with van der Waals surface area (Å²) in [5, 5.41) is 6.99. The molecule has 1 aliphatic carbocycles.